The summed E-state index contributed by atoms with van der Waals surface area (Å²) in [5, 5.41) is 8.02. The second kappa shape index (κ2) is 7.35. The molecule has 1 saturated heterocycles. The van der Waals surface area contributed by atoms with E-state index in [1.54, 1.807) is 4.68 Å². The van der Waals surface area contributed by atoms with E-state index in [4.69, 9.17) is 9.47 Å². The van der Waals surface area contributed by atoms with Gasteiger partial charge in [0.1, 0.15) is 0 Å². The van der Waals surface area contributed by atoms with Gasteiger partial charge in [0.2, 0.25) is 0 Å². The molecule has 0 saturated carbocycles. The van der Waals surface area contributed by atoms with Crippen LogP contribution in [0.5, 0.6) is 0 Å². The van der Waals surface area contributed by atoms with Crippen molar-refractivity contribution in [2.45, 2.75) is 31.9 Å². The summed E-state index contributed by atoms with van der Waals surface area (Å²) >= 11 is 0. The molecule has 1 fully saturated rings. The minimum Gasteiger partial charge on any atom is -0.469 e. The molecular formula is C13H22N4O3. The molecule has 7 heteroatoms. The number of methoxy groups -OCH3 is 1. The van der Waals surface area contributed by atoms with Gasteiger partial charge in [0.05, 0.1) is 25.3 Å². The van der Waals surface area contributed by atoms with Crippen LogP contribution in [-0.2, 0) is 27.9 Å². The van der Waals surface area contributed by atoms with Crippen LogP contribution in [0.4, 0.5) is 0 Å². The Labute approximate surface area is 118 Å². The second-order valence-corrected chi connectivity index (χ2v) is 5.08. The fourth-order valence-electron chi connectivity index (χ4n) is 2.36. The zero-order valence-corrected chi connectivity index (χ0v) is 12.1. The summed E-state index contributed by atoms with van der Waals surface area (Å²) in [6, 6.07) is 0. The highest BCUT2D eigenvalue weighted by Crippen LogP contribution is 2.14. The summed E-state index contributed by atoms with van der Waals surface area (Å²) in [7, 11) is 3.25. The van der Waals surface area contributed by atoms with Crippen molar-refractivity contribution in [3.05, 3.63) is 11.9 Å². The molecular weight excluding hydrogens is 260 g/mol. The van der Waals surface area contributed by atoms with Crippen LogP contribution in [0.15, 0.2) is 6.20 Å². The molecule has 2 heterocycles. The van der Waals surface area contributed by atoms with E-state index in [-0.39, 0.29) is 12.1 Å². The maximum Gasteiger partial charge on any atom is 0.306 e. The Bertz CT molecular complexity index is 429. The minimum absolute atomic E-state index is 0.193. The standard InChI is InChI=1S/C13H22N4O3/c1-16-8-11(14-15-16)9-17(6-5-13(18)19-2)10-12-4-3-7-20-12/h8,12H,3-7,9-10H2,1-2H3. The van der Waals surface area contributed by atoms with E-state index in [1.807, 2.05) is 13.2 Å². The molecule has 1 aliphatic rings. The highest BCUT2D eigenvalue weighted by atomic mass is 16.5. The van der Waals surface area contributed by atoms with E-state index < -0.39 is 0 Å². The van der Waals surface area contributed by atoms with Crippen LogP contribution in [0.1, 0.15) is 25.0 Å². The third-order valence-electron chi connectivity index (χ3n) is 3.38. The van der Waals surface area contributed by atoms with E-state index in [0.717, 1.165) is 31.7 Å². The molecule has 0 spiro atoms. The summed E-state index contributed by atoms with van der Waals surface area (Å²) in [4.78, 5) is 13.5. The molecule has 0 aromatic carbocycles. The van der Waals surface area contributed by atoms with E-state index in [2.05, 4.69) is 15.2 Å². The average molecular weight is 282 g/mol. The Morgan fingerprint density at radius 1 is 1.65 bits per heavy atom. The second-order valence-electron chi connectivity index (χ2n) is 5.08. The molecule has 2 rings (SSSR count). The van der Waals surface area contributed by atoms with Crippen molar-refractivity contribution < 1.29 is 14.3 Å². The number of esters is 1. The van der Waals surface area contributed by atoms with Gasteiger partial charge in [-0.05, 0) is 12.8 Å². The summed E-state index contributed by atoms with van der Waals surface area (Å²) < 4.78 is 12.0. The maximum atomic E-state index is 11.3. The van der Waals surface area contributed by atoms with E-state index in [9.17, 15) is 4.79 Å². The van der Waals surface area contributed by atoms with Gasteiger partial charge in [-0.3, -0.25) is 14.4 Å². The number of nitrogens with zero attached hydrogens (tertiary/aromatic N) is 4. The zero-order chi connectivity index (χ0) is 14.4. The van der Waals surface area contributed by atoms with Gasteiger partial charge in [-0.1, -0.05) is 5.21 Å². The number of hydrogen-bond donors (Lipinski definition) is 0. The number of carbonyl (C=O) groups excluding carboxylic acids is 1. The van der Waals surface area contributed by atoms with Gasteiger partial charge in [-0.2, -0.15) is 0 Å². The predicted molar refractivity (Wildman–Crippen MR) is 71.9 cm³/mol. The molecule has 0 amide bonds. The lowest BCUT2D eigenvalue weighted by molar-refractivity contribution is -0.141. The molecule has 1 aliphatic heterocycles. The zero-order valence-electron chi connectivity index (χ0n) is 12.1. The molecule has 0 aliphatic carbocycles. The number of aryl methyl sites for hydroxylation is 1. The number of rotatable bonds is 7. The van der Waals surface area contributed by atoms with Crippen LogP contribution in [0.3, 0.4) is 0 Å². The molecule has 0 radical (unpaired) electrons. The quantitative estimate of drug-likeness (QED) is 0.673. The topological polar surface area (TPSA) is 69.5 Å². The van der Waals surface area contributed by atoms with Gasteiger partial charge in [-0.25, -0.2) is 0 Å². The average Bonchev–Trinajstić information content (AvgIpc) is 3.07. The van der Waals surface area contributed by atoms with E-state index >= 15 is 0 Å². The van der Waals surface area contributed by atoms with E-state index in [0.29, 0.717) is 19.5 Å². The number of ether oxygens (including phenoxy) is 2. The van der Waals surface area contributed by atoms with Crippen LogP contribution < -0.4 is 0 Å². The lowest BCUT2D eigenvalue weighted by Crippen LogP contribution is -2.33. The molecule has 7 nitrogen and oxygen atoms in total. The maximum absolute atomic E-state index is 11.3. The largest absolute Gasteiger partial charge is 0.469 e. The van der Waals surface area contributed by atoms with Gasteiger partial charge < -0.3 is 9.47 Å². The Kier molecular flexibility index (Phi) is 5.49. The lowest BCUT2D eigenvalue weighted by Gasteiger charge is -2.23. The minimum atomic E-state index is -0.193. The van der Waals surface area contributed by atoms with Crippen molar-refractivity contribution in [3.8, 4) is 0 Å². The summed E-state index contributed by atoms with van der Waals surface area (Å²) in [5.41, 5.74) is 0.898. The van der Waals surface area contributed by atoms with Crippen molar-refractivity contribution in [1.82, 2.24) is 19.9 Å². The Morgan fingerprint density at radius 3 is 3.10 bits per heavy atom. The van der Waals surface area contributed by atoms with Crippen LogP contribution in [0.2, 0.25) is 0 Å². The molecule has 112 valence electrons. The Hall–Kier alpha value is -1.47. The fraction of sp³-hybridized carbons (Fsp3) is 0.769. The van der Waals surface area contributed by atoms with Gasteiger partial charge in [0.25, 0.3) is 0 Å². The molecule has 1 atom stereocenters. The van der Waals surface area contributed by atoms with Crippen molar-refractivity contribution >= 4 is 5.97 Å². The normalized spacial score (nSPS) is 18.6. The molecule has 0 N–H and O–H groups in total. The summed E-state index contributed by atoms with van der Waals surface area (Å²) in [5.74, 6) is -0.193. The molecule has 1 unspecified atom stereocenters. The van der Waals surface area contributed by atoms with Gasteiger partial charge in [-0.15, -0.1) is 5.10 Å². The Balaban J connectivity index is 1.89. The number of hydrogen-bond acceptors (Lipinski definition) is 6. The van der Waals surface area contributed by atoms with Gasteiger partial charge in [0.15, 0.2) is 0 Å². The van der Waals surface area contributed by atoms with Gasteiger partial charge in [0, 0.05) is 39.5 Å². The smallest absolute Gasteiger partial charge is 0.306 e. The highest BCUT2D eigenvalue weighted by molar-refractivity contribution is 5.69. The summed E-state index contributed by atoms with van der Waals surface area (Å²) in [6.45, 7) is 2.96. The number of aromatic nitrogens is 3. The van der Waals surface area contributed by atoms with Crippen molar-refractivity contribution in [2.75, 3.05) is 26.8 Å². The number of carbonyl (C=O) groups is 1. The molecule has 0 bridgehead atoms. The van der Waals surface area contributed by atoms with Crippen molar-refractivity contribution in [1.29, 1.82) is 0 Å². The van der Waals surface area contributed by atoms with Crippen LogP contribution >= 0.6 is 0 Å². The van der Waals surface area contributed by atoms with Crippen LogP contribution in [-0.4, -0.2) is 58.8 Å². The van der Waals surface area contributed by atoms with Crippen LogP contribution in [0.25, 0.3) is 0 Å². The van der Waals surface area contributed by atoms with Crippen LogP contribution in [0, 0.1) is 0 Å². The fourth-order valence-corrected chi connectivity index (χ4v) is 2.36. The van der Waals surface area contributed by atoms with E-state index in [1.165, 1.54) is 7.11 Å². The first-order chi connectivity index (χ1) is 9.67. The summed E-state index contributed by atoms with van der Waals surface area (Å²) in [6.07, 6.45) is 4.71. The first-order valence-electron chi connectivity index (χ1n) is 6.93. The predicted octanol–water partition coefficient (Wildman–Crippen LogP) is 0.359. The molecule has 20 heavy (non-hydrogen) atoms. The van der Waals surface area contributed by atoms with Crippen molar-refractivity contribution in [3.63, 3.8) is 0 Å². The highest BCUT2D eigenvalue weighted by Gasteiger charge is 2.20. The van der Waals surface area contributed by atoms with Gasteiger partial charge >= 0.3 is 5.97 Å². The monoisotopic (exact) mass is 282 g/mol. The SMILES string of the molecule is COC(=O)CCN(Cc1cn(C)nn1)CC1CCCO1. The molecule has 1 aromatic heterocycles. The third-order valence-corrected chi connectivity index (χ3v) is 3.38. The third kappa shape index (κ3) is 4.57. The Morgan fingerprint density at radius 2 is 2.50 bits per heavy atom. The van der Waals surface area contributed by atoms with Crippen molar-refractivity contribution in [2.24, 2.45) is 7.05 Å². The lowest BCUT2D eigenvalue weighted by atomic mass is 10.2. The first kappa shape index (κ1) is 14.9. The first-order valence-corrected chi connectivity index (χ1v) is 6.93. The molecule has 1 aromatic rings.